The van der Waals surface area contributed by atoms with E-state index in [9.17, 15) is 14.4 Å². The summed E-state index contributed by atoms with van der Waals surface area (Å²) in [5, 5.41) is 5.25. The zero-order chi connectivity index (χ0) is 14.5. The number of carbonyl (C=O) groups is 3. The Balaban J connectivity index is 1.99. The minimum absolute atomic E-state index is 0.118. The van der Waals surface area contributed by atoms with Crippen LogP contribution in [-0.4, -0.2) is 40.8 Å². The summed E-state index contributed by atoms with van der Waals surface area (Å²) < 4.78 is 0. The maximum Gasteiger partial charge on any atom is 0.246 e. The third-order valence-corrected chi connectivity index (χ3v) is 3.05. The monoisotopic (exact) mass is 275 g/mol. The molecule has 0 aliphatic carbocycles. The molecule has 0 atom stereocenters. The van der Waals surface area contributed by atoms with E-state index in [1.54, 1.807) is 12.1 Å². The van der Waals surface area contributed by atoms with Crippen LogP contribution in [0.25, 0.3) is 0 Å². The third kappa shape index (κ3) is 3.34. The van der Waals surface area contributed by atoms with E-state index < -0.39 is 0 Å². The minimum Gasteiger partial charge on any atom is -0.324 e. The first-order valence-corrected chi connectivity index (χ1v) is 6.51. The molecule has 0 radical (unpaired) electrons. The molecule has 0 bridgehead atoms. The van der Waals surface area contributed by atoms with Gasteiger partial charge in [0.05, 0.1) is 0 Å². The average molecular weight is 275 g/mol. The molecule has 1 heterocycles. The SMILES string of the molecule is CC(=O)N(CC(=O)Nc1ccccc1)N1CCCC1=O. The molecular weight excluding hydrogens is 258 g/mol. The van der Waals surface area contributed by atoms with Gasteiger partial charge in [-0.05, 0) is 18.6 Å². The van der Waals surface area contributed by atoms with Crippen molar-refractivity contribution in [3.8, 4) is 0 Å². The molecule has 0 spiro atoms. The predicted molar refractivity (Wildman–Crippen MR) is 73.4 cm³/mol. The second-order valence-corrected chi connectivity index (χ2v) is 4.61. The highest BCUT2D eigenvalue weighted by atomic mass is 16.2. The number of amides is 3. The van der Waals surface area contributed by atoms with Crippen molar-refractivity contribution in [2.45, 2.75) is 19.8 Å². The molecule has 1 N–H and O–H groups in total. The maximum absolute atomic E-state index is 11.9. The van der Waals surface area contributed by atoms with Gasteiger partial charge in [0.15, 0.2) is 0 Å². The van der Waals surface area contributed by atoms with Crippen molar-refractivity contribution < 1.29 is 14.4 Å². The van der Waals surface area contributed by atoms with E-state index >= 15 is 0 Å². The molecule has 0 aromatic heterocycles. The number of hydrogen-bond acceptors (Lipinski definition) is 3. The summed E-state index contributed by atoms with van der Waals surface area (Å²) >= 11 is 0. The summed E-state index contributed by atoms with van der Waals surface area (Å²) in [6.45, 7) is 1.67. The quantitative estimate of drug-likeness (QED) is 0.891. The summed E-state index contributed by atoms with van der Waals surface area (Å²) in [5.41, 5.74) is 0.661. The molecule has 1 aliphatic heterocycles. The second-order valence-electron chi connectivity index (χ2n) is 4.61. The fourth-order valence-corrected chi connectivity index (χ4v) is 2.11. The fraction of sp³-hybridized carbons (Fsp3) is 0.357. The van der Waals surface area contributed by atoms with Crippen LogP contribution in [0.3, 0.4) is 0 Å². The highest BCUT2D eigenvalue weighted by Crippen LogP contribution is 2.13. The number of para-hydroxylation sites is 1. The number of benzene rings is 1. The van der Waals surface area contributed by atoms with Crippen LogP contribution in [0.2, 0.25) is 0 Å². The fourth-order valence-electron chi connectivity index (χ4n) is 2.11. The van der Waals surface area contributed by atoms with Gasteiger partial charge >= 0.3 is 0 Å². The van der Waals surface area contributed by atoms with Crippen LogP contribution >= 0.6 is 0 Å². The predicted octanol–water partition coefficient (Wildman–Crippen LogP) is 1.01. The van der Waals surface area contributed by atoms with E-state index in [0.717, 1.165) is 0 Å². The van der Waals surface area contributed by atoms with Gasteiger partial charge in [-0.25, -0.2) is 5.01 Å². The lowest BCUT2D eigenvalue weighted by Gasteiger charge is -2.30. The Morgan fingerprint density at radius 3 is 2.55 bits per heavy atom. The average Bonchev–Trinajstić information content (AvgIpc) is 2.83. The highest BCUT2D eigenvalue weighted by molar-refractivity contribution is 5.94. The highest BCUT2D eigenvalue weighted by Gasteiger charge is 2.29. The molecule has 0 unspecified atom stereocenters. The van der Waals surface area contributed by atoms with Gasteiger partial charge in [-0.15, -0.1) is 0 Å². The Kier molecular flexibility index (Phi) is 4.34. The van der Waals surface area contributed by atoms with Gasteiger partial charge in [-0.2, -0.15) is 0 Å². The van der Waals surface area contributed by atoms with Crippen LogP contribution in [0, 0.1) is 0 Å². The van der Waals surface area contributed by atoms with E-state index in [-0.39, 0.29) is 24.3 Å². The van der Waals surface area contributed by atoms with E-state index in [4.69, 9.17) is 0 Å². The first-order valence-electron chi connectivity index (χ1n) is 6.51. The number of carbonyl (C=O) groups excluding carboxylic acids is 3. The molecule has 20 heavy (non-hydrogen) atoms. The van der Waals surface area contributed by atoms with E-state index in [2.05, 4.69) is 5.32 Å². The van der Waals surface area contributed by atoms with E-state index in [1.165, 1.54) is 16.9 Å². The van der Waals surface area contributed by atoms with Gasteiger partial charge in [0.1, 0.15) is 6.54 Å². The largest absolute Gasteiger partial charge is 0.324 e. The topological polar surface area (TPSA) is 69.7 Å². The lowest BCUT2D eigenvalue weighted by atomic mass is 10.3. The number of nitrogens with zero attached hydrogens (tertiary/aromatic N) is 2. The Bertz CT molecular complexity index is 516. The molecule has 1 saturated heterocycles. The number of rotatable bonds is 4. The summed E-state index contributed by atoms with van der Waals surface area (Å²) in [4.78, 5) is 35.2. The lowest BCUT2D eigenvalue weighted by molar-refractivity contribution is -0.159. The number of hydrogen-bond donors (Lipinski definition) is 1. The van der Waals surface area contributed by atoms with Crippen LogP contribution in [0.1, 0.15) is 19.8 Å². The summed E-state index contributed by atoms with van der Waals surface area (Å²) in [6.07, 6.45) is 1.13. The second kappa shape index (κ2) is 6.18. The molecule has 1 aliphatic rings. The number of hydrazine groups is 1. The molecule has 1 aromatic rings. The molecular formula is C14H17N3O3. The van der Waals surface area contributed by atoms with Gasteiger partial charge in [-0.3, -0.25) is 19.4 Å². The van der Waals surface area contributed by atoms with Crippen LogP contribution in [0.5, 0.6) is 0 Å². The van der Waals surface area contributed by atoms with Gasteiger partial charge in [-0.1, -0.05) is 18.2 Å². The standard InChI is InChI=1S/C14H17N3O3/c1-11(18)17(16-9-5-8-14(16)20)10-13(19)15-12-6-3-2-4-7-12/h2-4,6-7H,5,8-10H2,1H3,(H,15,19). The van der Waals surface area contributed by atoms with Crippen molar-refractivity contribution in [1.82, 2.24) is 10.0 Å². The Hall–Kier alpha value is -2.37. The first kappa shape index (κ1) is 14.0. The van der Waals surface area contributed by atoms with Crippen LogP contribution in [0.4, 0.5) is 5.69 Å². The summed E-state index contributed by atoms with van der Waals surface area (Å²) in [6, 6.07) is 8.99. The molecule has 1 aromatic carbocycles. The Labute approximate surface area is 117 Å². The summed E-state index contributed by atoms with van der Waals surface area (Å²) in [5.74, 6) is -0.762. The molecule has 6 heteroatoms. The van der Waals surface area contributed by atoms with Crippen molar-refractivity contribution >= 4 is 23.4 Å². The van der Waals surface area contributed by atoms with Gasteiger partial charge in [0.2, 0.25) is 17.7 Å². The number of nitrogens with one attached hydrogen (secondary N) is 1. The molecule has 3 amide bonds. The third-order valence-electron chi connectivity index (χ3n) is 3.05. The van der Waals surface area contributed by atoms with E-state index in [1.807, 2.05) is 18.2 Å². The maximum atomic E-state index is 11.9. The Morgan fingerprint density at radius 2 is 2.00 bits per heavy atom. The van der Waals surface area contributed by atoms with Gasteiger partial charge in [0, 0.05) is 25.6 Å². The van der Waals surface area contributed by atoms with Crippen molar-refractivity contribution in [3.63, 3.8) is 0 Å². The van der Waals surface area contributed by atoms with Crippen LogP contribution in [0.15, 0.2) is 30.3 Å². The zero-order valence-electron chi connectivity index (χ0n) is 11.3. The van der Waals surface area contributed by atoms with Crippen LogP contribution in [-0.2, 0) is 14.4 Å². The molecule has 2 rings (SSSR count). The molecule has 1 fully saturated rings. The smallest absolute Gasteiger partial charge is 0.246 e. The normalized spacial score (nSPS) is 14.2. The summed E-state index contributed by atoms with van der Waals surface area (Å²) in [7, 11) is 0. The van der Waals surface area contributed by atoms with Gasteiger partial charge < -0.3 is 5.32 Å². The number of anilines is 1. The van der Waals surface area contributed by atoms with Gasteiger partial charge in [0.25, 0.3) is 0 Å². The van der Waals surface area contributed by atoms with Crippen molar-refractivity contribution in [2.24, 2.45) is 0 Å². The first-order chi connectivity index (χ1) is 9.58. The van der Waals surface area contributed by atoms with Crippen molar-refractivity contribution in [3.05, 3.63) is 30.3 Å². The molecule has 6 nitrogen and oxygen atoms in total. The molecule has 0 saturated carbocycles. The van der Waals surface area contributed by atoms with Crippen molar-refractivity contribution in [2.75, 3.05) is 18.4 Å². The van der Waals surface area contributed by atoms with Crippen molar-refractivity contribution in [1.29, 1.82) is 0 Å². The lowest BCUT2D eigenvalue weighted by Crippen LogP contribution is -2.49. The van der Waals surface area contributed by atoms with Crippen LogP contribution < -0.4 is 5.32 Å². The van der Waals surface area contributed by atoms with E-state index in [0.29, 0.717) is 25.1 Å². The Morgan fingerprint density at radius 1 is 1.30 bits per heavy atom. The minimum atomic E-state index is -0.328. The zero-order valence-corrected chi connectivity index (χ0v) is 11.3. The molecule has 106 valence electrons.